The van der Waals surface area contributed by atoms with Crippen LogP contribution in [0.3, 0.4) is 0 Å². The molecular weight excluding hydrogens is 228 g/mol. The average Bonchev–Trinajstić information content (AvgIpc) is 2.79. The van der Waals surface area contributed by atoms with Crippen LogP contribution >= 0.6 is 11.6 Å². The monoisotopic (exact) mass is 240 g/mol. The number of rotatable bonds is 3. The minimum Gasteiger partial charge on any atom is -0.384 e. The molecule has 0 spiro atoms. The maximum absolute atomic E-state index is 7.30. The molecule has 0 atom stereocenters. The van der Waals surface area contributed by atoms with E-state index in [9.17, 15) is 0 Å². The van der Waals surface area contributed by atoms with Gasteiger partial charge in [0.15, 0.2) is 0 Å². The van der Waals surface area contributed by atoms with Crippen LogP contribution in [0.15, 0.2) is 24.3 Å². The molecule has 0 aromatic heterocycles. The van der Waals surface area contributed by atoms with Crippen LogP contribution in [0.2, 0.25) is 0 Å². The molecule has 2 rings (SSSR count). The van der Waals surface area contributed by atoms with Crippen molar-refractivity contribution in [2.24, 2.45) is 5.73 Å². The molecule has 3 N–H and O–H groups in total. The SMILES string of the molecule is N=C(N)c1ccc(C2(CCl)OCCO2)cc1. The van der Waals surface area contributed by atoms with Gasteiger partial charge < -0.3 is 15.2 Å². The third-order valence-corrected chi connectivity index (χ3v) is 2.92. The fraction of sp³-hybridized carbons (Fsp3) is 0.364. The predicted molar refractivity (Wildman–Crippen MR) is 61.8 cm³/mol. The summed E-state index contributed by atoms with van der Waals surface area (Å²) in [6, 6.07) is 7.17. The molecule has 1 aliphatic rings. The zero-order valence-electron chi connectivity index (χ0n) is 8.70. The lowest BCUT2D eigenvalue weighted by atomic mass is 10.0. The first kappa shape index (κ1) is 11.4. The van der Waals surface area contributed by atoms with Crippen LogP contribution in [-0.2, 0) is 15.3 Å². The number of alkyl halides is 1. The summed E-state index contributed by atoms with van der Waals surface area (Å²) in [5.74, 6) is -0.553. The second kappa shape index (κ2) is 4.41. The lowest BCUT2D eigenvalue weighted by molar-refractivity contribution is -0.146. The smallest absolute Gasteiger partial charge is 0.208 e. The summed E-state index contributed by atoms with van der Waals surface area (Å²) in [6.07, 6.45) is 0. The van der Waals surface area contributed by atoms with Gasteiger partial charge in [0.25, 0.3) is 0 Å². The number of halogens is 1. The van der Waals surface area contributed by atoms with Gasteiger partial charge in [0, 0.05) is 11.1 Å². The van der Waals surface area contributed by atoms with Gasteiger partial charge in [0.1, 0.15) is 5.84 Å². The molecule has 1 aromatic rings. The van der Waals surface area contributed by atoms with E-state index in [-0.39, 0.29) is 11.7 Å². The molecule has 1 heterocycles. The van der Waals surface area contributed by atoms with Crippen LogP contribution in [0.25, 0.3) is 0 Å². The van der Waals surface area contributed by atoms with E-state index >= 15 is 0 Å². The van der Waals surface area contributed by atoms with Crippen molar-refractivity contribution < 1.29 is 9.47 Å². The van der Waals surface area contributed by atoms with Crippen molar-refractivity contribution in [3.05, 3.63) is 35.4 Å². The van der Waals surface area contributed by atoms with Gasteiger partial charge in [-0.2, -0.15) is 0 Å². The van der Waals surface area contributed by atoms with Gasteiger partial charge in [-0.15, -0.1) is 11.6 Å². The Kier molecular flexibility index (Phi) is 3.14. The minimum absolute atomic E-state index is 0.0414. The topological polar surface area (TPSA) is 68.3 Å². The van der Waals surface area contributed by atoms with Crippen LogP contribution in [0.4, 0.5) is 0 Å². The zero-order valence-corrected chi connectivity index (χ0v) is 9.46. The van der Waals surface area contributed by atoms with Crippen molar-refractivity contribution in [3.63, 3.8) is 0 Å². The third-order valence-electron chi connectivity index (χ3n) is 2.57. The van der Waals surface area contributed by atoms with Crippen LogP contribution in [0, 0.1) is 5.41 Å². The van der Waals surface area contributed by atoms with Crippen LogP contribution in [0.1, 0.15) is 11.1 Å². The van der Waals surface area contributed by atoms with Gasteiger partial charge in [0.2, 0.25) is 5.79 Å². The first-order chi connectivity index (χ1) is 7.68. The fourth-order valence-electron chi connectivity index (χ4n) is 1.68. The predicted octanol–water partition coefficient (Wildman–Crippen LogP) is 1.41. The third kappa shape index (κ3) is 1.91. The molecule has 1 aromatic carbocycles. The van der Waals surface area contributed by atoms with E-state index in [0.29, 0.717) is 18.8 Å². The number of benzene rings is 1. The van der Waals surface area contributed by atoms with Crippen molar-refractivity contribution in [1.29, 1.82) is 5.41 Å². The van der Waals surface area contributed by atoms with E-state index in [4.69, 9.17) is 32.2 Å². The summed E-state index contributed by atoms with van der Waals surface area (Å²) in [5, 5.41) is 7.30. The molecule has 4 nitrogen and oxygen atoms in total. The summed E-state index contributed by atoms with van der Waals surface area (Å²) < 4.78 is 11.1. The van der Waals surface area contributed by atoms with Gasteiger partial charge in [-0.25, -0.2) is 0 Å². The number of ether oxygens (including phenoxy) is 2. The van der Waals surface area contributed by atoms with Crippen molar-refractivity contribution in [2.75, 3.05) is 19.1 Å². The Bertz CT molecular complexity index is 385. The summed E-state index contributed by atoms with van der Waals surface area (Å²) in [4.78, 5) is 0. The molecule has 1 fully saturated rings. The summed E-state index contributed by atoms with van der Waals surface area (Å²) in [5.41, 5.74) is 6.90. The molecule has 0 bridgehead atoms. The van der Waals surface area contributed by atoms with Crippen molar-refractivity contribution in [3.8, 4) is 0 Å². The van der Waals surface area contributed by atoms with E-state index in [1.54, 1.807) is 12.1 Å². The Morgan fingerprint density at radius 1 is 1.31 bits per heavy atom. The van der Waals surface area contributed by atoms with Crippen molar-refractivity contribution in [2.45, 2.75) is 5.79 Å². The van der Waals surface area contributed by atoms with Gasteiger partial charge in [0.05, 0.1) is 19.1 Å². The fourth-order valence-corrected chi connectivity index (χ4v) is 1.99. The second-order valence-electron chi connectivity index (χ2n) is 3.57. The molecule has 86 valence electrons. The lowest BCUT2D eigenvalue weighted by Gasteiger charge is -2.25. The maximum atomic E-state index is 7.30. The van der Waals surface area contributed by atoms with Crippen molar-refractivity contribution in [1.82, 2.24) is 0 Å². The highest BCUT2D eigenvalue weighted by Gasteiger charge is 2.37. The molecule has 0 saturated carbocycles. The molecule has 0 radical (unpaired) electrons. The molecule has 0 amide bonds. The van der Waals surface area contributed by atoms with Gasteiger partial charge >= 0.3 is 0 Å². The maximum Gasteiger partial charge on any atom is 0.208 e. The number of nitrogens with one attached hydrogen (secondary N) is 1. The largest absolute Gasteiger partial charge is 0.384 e. The zero-order chi connectivity index (χ0) is 11.6. The highest BCUT2D eigenvalue weighted by atomic mass is 35.5. The van der Waals surface area contributed by atoms with Gasteiger partial charge in [-0.05, 0) is 0 Å². The molecule has 5 heteroatoms. The summed E-state index contributed by atoms with van der Waals surface area (Å²) in [6.45, 7) is 1.09. The standard InChI is InChI=1S/C11H13ClN2O2/c12-7-11(15-5-6-16-11)9-3-1-8(2-4-9)10(13)14/h1-4H,5-7H2,(H3,13,14). The number of amidine groups is 1. The van der Waals surface area contributed by atoms with E-state index in [0.717, 1.165) is 5.56 Å². The normalized spacial score (nSPS) is 18.6. The van der Waals surface area contributed by atoms with E-state index in [1.807, 2.05) is 12.1 Å². The Balaban J connectivity index is 2.29. The average molecular weight is 241 g/mol. The van der Waals surface area contributed by atoms with E-state index in [1.165, 1.54) is 0 Å². The summed E-state index contributed by atoms with van der Waals surface area (Å²) >= 11 is 5.88. The molecule has 0 aliphatic carbocycles. The molecular formula is C11H13ClN2O2. The van der Waals surface area contributed by atoms with E-state index < -0.39 is 5.79 Å². The highest BCUT2D eigenvalue weighted by molar-refractivity contribution is 6.18. The van der Waals surface area contributed by atoms with Gasteiger partial charge in [-0.3, -0.25) is 5.41 Å². The summed E-state index contributed by atoms with van der Waals surface area (Å²) in [7, 11) is 0. The Morgan fingerprint density at radius 3 is 2.31 bits per heavy atom. The second-order valence-corrected chi connectivity index (χ2v) is 3.84. The van der Waals surface area contributed by atoms with E-state index in [2.05, 4.69) is 0 Å². The number of hydrogen-bond donors (Lipinski definition) is 2. The molecule has 1 aliphatic heterocycles. The van der Waals surface area contributed by atoms with Crippen molar-refractivity contribution >= 4 is 17.4 Å². The first-order valence-electron chi connectivity index (χ1n) is 4.97. The number of nitrogen functional groups attached to an aromatic ring is 1. The quantitative estimate of drug-likeness (QED) is 0.477. The molecule has 0 unspecified atom stereocenters. The minimum atomic E-state index is -0.836. The van der Waals surface area contributed by atoms with Crippen LogP contribution in [0.5, 0.6) is 0 Å². The lowest BCUT2D eigenvalue weighted by Crippen LogP contribution is -2.29. The van der Waals surface area contributed by atoms with Crippen LogP contribution in [-0.4, -0.2) is 24.9 Å². The Morgan fingerprint density at radius 2 is 1.88 bits per heavy atom. The number of hydrogen-bond acceptors (Lipinski definition) is 3. The molecule has 16 heavy (non-hydrogen) atoms. The Hall–Kier alpha value is -1.10. The molecule has 1 saturated heterocycles. The number of nitrogens with two attached hydrogens (primary N) is 1. The highest BCUT2D eigenvalue weighted by Crippen LogP contribution is 2.32. The van der Waals surface area contributed by atoms with Crippen LogP contribution < -0.4 is 5.73 Å². The van der Waals surface area contributed by atoms with Gasteiger partial charge in [-0.1, -0.05) is 24.3 Å². The first-order valence-corrected chi connectivity index (χ1v) is 5.50. The Labute approximate surface area is 98.8 Å².